The third-order valence-corrected chi connectivity index (χ3v) is 4.97. The van der Waals surface area contributed by atoms with Gasteiger partial charge in [-0.25, -0.2) is 4.79 Å². The van der Waals surface area contributed by atoms with Crippen molar-refractivity contribution in [2.24, 2.45) is 5.92 Å². The number of esters is 1. The lowest BCUT2D eigenvalue weighted by atomic mass is 10.0. The Bertz CT molecular complexity index is 1070. The Morgan fingerprint density at radius 2 is 2.03 bits per heavy atom. The van der Waals surface area contributed by atoms with Gasteiger partial charge in [-0.2, -0.15) is 4.98 Å². The summed E-state index contributed by atoms with van der Waals surface area (Å²) in [7, 11) is 1.53. The molecule has 3 aromatic rings. The number of carbonyl (C=O) groups excluding carboxylic acids is 2. The SMILES string of the molecule is COCCOC(=O)c1c(C)[nH]c(C(=O)NC(c2nc(-c3cccnc3)no2)C(C)C)c1C. The van der Waals surface area contributed by atoms with Gasteiger partial charge in [0.2, 0.25) is 11.7 Å². The summed E-state index contributed by atoms with van der Waals surface area (Å²) in [6.45, 7) is 7.71. The topological polar surface area (TPSA) is 132 Å². The predicted octanol–water partition coefficient (Wildman–Crippen LogP) is 3.01. The zero-order valence-electron chi connectivity index (χ0n) is 18.8. The van der Waals surface area contributed by atoms with Gasteiger partial charge in [0.05, 0.1) is 12.2 Å². The van der Waals surface area contributed by atoms with Crippen molar-refractivity contribution in [1.82, 2.24) is 25.4 Å². The first-order valence-corrected chi connectivity index (χ1v) is 10.2. The number of amides is 1. The zero-order chi connectivity index (χ0) is 23.3. The van der Waals surface area contributed by atoms with E-state index in [9.17, 15) is 9.59 Å². The van der Waals surface area contributed by atoms with E-state index in [1.807, 2.05) is 19.9 Å². The van der Waals surface area contributed by atoms with Crippen molar-refractivity contribution >= 4 is 11.9 Å². The number of methoxy groups -OCH3 is 1. The molecule has 0 saturated heterocycles. The number of nitrogens with one attached hydrogen (secondary N) is 2. The average molecular weight is 441 g/mol. The smallest absolute Gasteiger partial charge is 0.340 e. The molecule has 1 amide bonds. The van der Waals surface area contributed by atoms with Crippen molar-refractivity contribution < 1.29 is 23.6 Å². The van der Waals surface area contributed by atoms with Crippen molar-refractivity contribution in [2.45, 2.75) is 33.7 Å². The Morgan fingerprint density at radius 1 is 1.25 bits per heavy atom. The highest BCUT2D eigenvalue weighted by atomic mass is 16.6. The van der Waals surface area contributed by atoms with Gasteiger partial charge in [0, 0.05) is 30.8 Å². The lowest BCUT2D eigenvalue weighted by molar-refractivity contribution is 0.0386. The zero-order valence-corrected chi connectivity index (χ0v) is 18.8. The highest BCUT2D eigenvalue weighted by molar-refractivity contribution is 6.00. The van der Waals surface area contributed by atoms with Crippen LogP contribution in [0.2, 0.25) is 0 Å². The Kier molecular flexibility index (Phi) is 7.37. The molecule has 0 fully saturated rings. The van der Waals surface area contributed by atoms with Gasteiger partial charge in [0.25, 0.3) is 5.91 Å². The average Bonchev–Trinajstić information content (AvgIpc) is 3.37. The monoisotopic (exact) mass is 441 g/mol. The summed E-state index contributed by atoms with van der Waals surface area (Å²) in [5.74, 6) is -0.253. The van der Waals surface area contributed by atoms with Crippen LogP contribution in [0.1, 0.15) is 57.9 Å². The molecule has 0 aliphatic rings. The van der Waals surface area contributed by atoms with Gasteiger partial charge in [-0.3, -0.25) is 9.78 Å². The standard InChI is InChI=1S/C22H27N5O5/c1-12(2)17(21-26-19(27-32-21)15-7-6-8-23-11-15)25-20(28)18-13(3)16(14(4)24-18)22(29)31-10-9-30-5/h6-8,11-12,17,24H,9-10H2,1-5H3,(H,25,28). The van der Waals surface area contributed by atoms with Crippen molar-refractivity contribution in [3.05, 3.63) is 52.9 Å². The van der Waals surface area contributed by atoms with Crippen molar-refractivity contribution in [3.63, 3.8) is 0 Å². The summed E-state index contributed by atoms with van der Waals surface area (Å²) in [5, 5.41) is 6.94. The number of aromatic amines is 1. The first kappa shape index (κ1) is 23.1. The molecule has 2 N–H and O–H groups in total. The molecule has 3 aromatic heterocycles. The van der Waals surface area contributed by atoms with Crippen LogP contribution in [0.4, 0.5) is 0 Å². The largest absolute Gasteiger partial charge is 0.460 e. The number of aromatic nitrogens is 4. The number of H-pyrrole nitrogens is 1. The molecule has 170 valence electrons. The Balaban J connectivity index is 1.80. The maximum atomic E-state index is 13.1. The number of rotatable bonds is 9. The second-order valence-corrected chi connectivity index (χ2v) is 7.65. The Hall–Kier alpha value is -3.53. The van der Waals surface area contributed by atoms with Crippen molar-refractivity contribution in [1.29, 1.82) is 0 Å². The molecule has 3 rings (SSSR count). The van der Waals surface area contributed by atoms with Crippen LogP contribution in [0, 0.1) is 19.8 Å². The summed E-state index contributed by atoms with van der Waals surface area (Å²) < 4.78 is 15.5. The number of ether oxygens (including phenoxy) is 2. The van der Waals surface area contributed by atoms with E-state index >= 15 is 0 Å². The number of nitrogens with zero attached hydrogens (tertiary/aromatic N) is 3. The van der Waals surface area contributed by atoms with E-state index in [-0.39, 0.29) is 30.0 Å². The fourth-order valence-electron chi connectivity index (χ4n) is 3.27. The fourth-order valence-corrected chi connectivity index (χ4v) is 3.27. The van der Waals surface area contributed by atoms with E-state index in [2.05, 4.69) is 25.4 Å². The molecule has 10 heteroatoms. The minimum absolute atomic E-state index is 0.0315. The van der Waals surface area contributed by atoms with Crippen LogP contribution in [0.25, 0.3) is 11.4 Å². The molecule has 0 spiro atoms. The molecule has 0 bridgehead atoms. The van der Waals surface area contributed by atoms with E-state index in [4.69, 9.17) is 14.0 Å². The predicted molar refractivity (Wildman–Crippen MR) is 115 cm³/mol. The number of pyridine rings is 1. The molecular weight excluding hydrogens is 414 g/mol. The summed E-state index contributed by atoms with van der Waals surface area (Å²) in [4.78, 5) is 37.0. The van der Waals surface area contributed by atoms with Gasteiger partial charge in [0.15, 0.2) is 0 Å². The van der Waals surface area contributed by atoms with Crippen LogP contribution in [0.5, 0.6) is 0 Å². The van der Waals surface area contributed by atoms with Gasteiger partial charge in [-0.05, 0) is 37.5 Å². The van der Waals surface area contributed by atoms with E-state index in [1.165, 1.54) is 7.11 Å². The number of hydrogen-bond donors (Lipinski definition) is 2. The van der Waals surface area contributed by atoms with Gasteiger partial charge in [-0.15, -0.1) is 0 Å². The van der Waals surface area contributed by atoms with Gasteiger partial charge in [-0.1, -0.05) is 19.0 Å². The van der Waals surface area contributed by atoms with Crippen LogP contribution in [-0.2, 0) is 9.47 Å². The molecule has 3 heterocycles. The van der Waals surface area contributed by atoms with Crippen LogP contribution in [0.15, 0.2) is 29.0 Å². The third kappa shape index (κ3) is 5.02. The van der Waals surface area contributed by atoms with E-state index in [0.29, 0.717) is 34.8 Å². The van der Waals surface area contributed by atoms with Crippen LogP contribution >= 0.6 is 0 Å². The number of aryl methyl sites for hydroxylation is 1. The van der Waals surface area contributed by atoms with Crippen molar-refractivity contribution in [2.75, 3.05) is 20.3 Å². The maximum absolute atomic E-state index is 13.1. The Morgan fingerprint density at radius 3 is 2.69 bits per heavy atom. The molecule has 0 saturated carbocycles. The van der Waals surface area contributed by atoms with Gasteiger partial charge < -0.3 is 24.3 Å². The van der Waals surface area contributed by atoms with Gasteiger partial charge in [0.1, 0.15) is 18.3 Å². The molecule has 0 aliphatic heterocycles. The Labute approximate surface area is 185 Å². The van der Waals surface area contributed by atoms with E-state index < -0.39 is 12.0 Å². The second kappa shape index (κ2) is 10.2. The summed E-state index contributed by atoms with van der Waals surface area (Å²) in [6, 6.07) is 3.07. The highest BCUT2D eigenvalue weighted by Gasteiger charge is 2.28. The summed E-state index contributed by atoms with van der Waals surface area (Å²) in [6.07, 6.45) is 3.29. The molecular formula is C22H27N5O5. The van der Waals surface area contributed by atoms with E-state index in [1.54, 1.807) is 32.3 Å². The molecule has 10 nitrogen and oxygen atoms in total. The number of carbonyl (C=O) groups is 2. The molecule has 1 unspecified atom stereocenters. The first-order chi connectivity index (χ1) is 15.3. The first-order valence-electron chi connectivity index (χ1n) is 10.2. The molecule has 1 atom stereocenters. The lowest BCUT2D eigenvalue weighted by Crippen LogP contribution is -2.32. The minimum atomic E-state index is -0.527. The second-order valence-electron chi connectivity index (χ2n) is 7.65. The van der Waals surface area contributed by atoms with Crippen LogP contribution < -0.4 is 5.32 Å². The molecule has 32 heavy (non-hydrogen) atoms. The fraction of sp³-hybridized carbons (Fsp3) is 0.409. The normalized spacial score (nSPS) is 12.1. The third-order valence-electron chi connectivity index (χ3n) is 4.97. The lowest BCUT2D eigenvalue weighted by Gasteiger charge is -2.18. The number of hydrogen-bond acceptors (Lipinski definition) is 8. The maximum Gasteiger partial charge on any atom is 0.340 e. The molecule has 0 aromatic carbocycles. The minimum Gasteiger partial charge on any atom is -0.460 e. The molecule has 0 aliphatic carbocycles. The van der Waals surface area contributed by atoms with Gasteiger partial charge >= 0.3 is 5.97 Å². The van der Waals surface area contributed by atoms with Crippen LogP contribution in [0.3, 0.4) is 0 Å². The summed E-state index contributed by atoms with van der Waals surface area (Å²) >= 11 is 0. The summed E-state index contributed by atoms with van der Waals surface area (Å²) in [5.41, 5.74) is 2.38. The van der Waals surface area contributed by atoms with Crippen LogP contribution in [-0.4, -0.2) is 52.3 Å². The van der Waals surface area contributed by atoms with E-state index in [0.717, 1.165) is 0 Å². The highest BCUT2D eigenvalue weighted by Crippen LogP contribution is 2.25. The van der Waals surface area contributed by atoms with Crippen molar-refractivity contribution in [3.8, 4) is 11.4 Å². The quantitative estimate of drug-likeness (QED) is 0.382. The molecule has 0 radical (unpaired) electrons.